The summed E-state index contributed by atoms with van der Waals surface area (Å²) in [6.07, 6.45) is -3.05. The lowest BCUT2D eigenvalue weighted by molar-refractivity contribution is 0.0582. The second kappa shape index (κ2) is 6.96. The van der Waals surface area contributed by atoms with Gasteiger partial charge in [-0.1, -0.05) is 11.6 Å². The maximum absolute atomic E-state index is 14.5. The Kier molecular flexibility index (Phi) is 5.18. The molecule has 0 amide bonds. The average Bonchev–Trinajstić information content (AvgIpc) is 2.53. The lowest BCUT2D eigenvalue weighted by Crippen LogP contribution is -2.12. The van der Waals surface area contributed by atoms with Crippen LogP contribution in [0.15, 0.2) is 18.2 Å². The van der Waals surface area contributed by atoms with Crippen molar-refractivity contribution in [2.24, 2.45) is 0 Å². The number of hydrogen-bond acceptors (Lipinski definition) is 5. The first-order chi connectivity index (χ1) is 11.3. The molecule has 128 valence electrons. The molecule has 5 nitrogen and oxygen atoms in total. The van der Waals surface area contributed by atoms with E-state index in [1.807, 2.05) is 0 Å². The van der Waals surface area contributed by atoms with Crippen LogP contribution < -0.4 is 10.5 Å². The van der Waals surface area contributed by atoms with Crippen LogP contribution in [-0.2, 0) is 4.74 Å². The first-order valence-electron chi connectivity index (χ1n) is 6.51. The van der Waals surface area contributed by atoms with Gasteiger partial charge in [-0.05, 0) is 18.2 Å². The Morgan fingerprint density at radius 2 is 2.00 bits per heavy atom. The molecule has 1 aromatic carbocycles. The number of hydrogen-bond donors (Lipinski definition) is 1. The van der Waals surface area contributed by atoms with E-state index in [0.717, 1.165) is 13.2 Å². The van der Waals surface area contributed by atoms with Crippen LogP contribution in [0.5, 0.6) is 5.75 Å². The minimum absolute atomic E-state index is 0.0177. The van der Waals surface area contributed by atoms with Gasteiger partial charge in [0.1, 0.15) is 0 Å². The number of nitrogens with zero attached hydrogens (tertiary/aromatic N) is 1. The van der Waals surface area contributed by atoms with Crippen LogP contribution >= 0.6 is 11.6 Å². The van der Waals surface area contributed by atoms with Gasteiger partial charge in [0.15, 0.2) is 17.3 Å². The van der Waals surface area contributed by atoms with Crippen LogP contribution in [0.3, 0.4) is 0 Å². The smallest absolute Gasteiger partial charge is 0.357 e. The van der Waals surface area contributed by atoms with Gasteiger partial charge in [-0.3, -0.25) is 0 Å². The summed E-state index contributed by atoms with van der Waals surface area (Å²) in [5.41, 5.74) is 3.48. The number of aromatic nitrogens is 1. The molecule has 9 heteroatoms. The maximum Gasteiger partial charge on any atom is 0.357 e. The lowest BCUT2D eigenvalue weighted by atomic mass is 10.1. The largest absolute Gasteiger partial charge is 0.492 e. The second-order valence-electron chi connectivity index (χ2n) is 4.59. The third-order valence-corrected chi connectivity index (χ3v) is 3.51. The molecule has 2 aromatic rings. The van der Waals surface area contributed by atoms with Crippen molar-refractivity contribution in [1.82, 2.24) is 4.98 Å². The fraction of sp³-hybridized carbons (Fsp3) is 0.200. The Morgan fingerprint density at radius 1 is 1.33 bits per heavy atom. The Hall–Kier alpha value is -2.48. The topological polar surface area (TPSA) is 74.4 Å². The molecule has 2 N–H and O–H groups in total. The lowest BCUT2D eigenvalue weighted by Gasteiger charge is -2.14. The molecule has 0 unspecified atom stereocenters. The predicted molar refractivity (Wildman–Crippen MR) is 81.9 cm³/mol. The van der Waals surface area contributed by atoms with E-state index in [4.69, 9.17) is 22.1 Å². The van der Waals surface area contributed by atoms with E-state index in [2.05, 4.69) is 9.72 Å². The third kappa shape index (κ3) is 3.09. The molecular weight excluding hydrogens is 349 g/mol. The summed E-state index contributed by atoms with van der Waals surface area (Å²) in [4.78, 5) is 15.5. The summed E-state index contributed by atoms with van der Waals surface area (Å²) in [7, 11) is 2.23. The summed E-state index contributed by atoms with van der Waals surface area (Å²) in [6, 6.07) is 3.65. The predicted octanol–water partition coefficient (Wildman–Crippen LogP) is 3.86. The Bertz CT molecular complexity index is 800. The van der Waals surface area contributed by atoms with E-state index in [-0.39, 0.29) is 22.0 Å². The molecule has 2 rings (SSSR count). The highest BCUT2D eigenvalue weighted by atomic mass is 35.5. The van der Waals surface area contributed by atoms with Gasteiger partial charge in [0.05, 0.1) is 30.5 Å². The van der Waals surface area contributed by atoms with Crippen LogP contribution in [0.2, 0.25) is 5.02 Å². The monoisotopic (exact) mass is 360 g/mol. The fourth-order valence-electron chi connectivity index (χ4n) is 2.11. The minimum atomic E-state index is -3.05. The summed E-state index contributed by atoms with van der Waals surface area (Å²) in [5, 5.41) is 0.0177. The number of nitrogen functional groups attached to an aromatic ring is 1. The van der Waals surface area contributed by atoms with Crippen molar-refractivity contribution < 1.29 is 27.4 Å². The molecule has 0 aliphatic heterocycles. The number of benzene rings is 1. The van der Waals surface area contributed by atoms with Gasteiger partial charge in [0.25, 0.3) is 6.43 Å². The molecule has 0 bridgehead atoms. The van der Waals surface area contributed by atoms with Gasteiger partial charge in [-0.25, -0.2) is 22.9 Å². The van der Waals surface area contributed by atoms with Crippen LogP contribution in [0.25, 0.3) is 11.3 Å². The summed E-state index contributed by atoms with van der Waals surface area (Å²) in [5.74, 6) is -2.22. The highest BCUT2D eigenvalue weighted by molar-refractivity contribution is 6.32. The number of nitrogens with two attached hydrogens (primary N) is 1. The Balaban J connectivity index is 2.74. The zero-order valence-electron chi connectivity index (χ0n) is 12.6. The number of esters is 1. The molecule has 0 saturated carbocycles. The van der Waals surface area contributed by atoms with E-state index in [0.29, 0.717) is 0 Å². The molecule has 24 heavy (non-hydrogen) atoms. The standard InChI is InChI=1S/C15H12ClF3N2O3/c1-23-13-7(16)4-3-6(11(13)17)9-5-8(20)10(14(18)19)12(21-9)15(22)24-2/h3-5,14H,1-2H3,(H2,20,21). The van der Waals surface area contributed by atoms with Crippen LogP contribution in [0.1, 0.15) is 22.5 Å². The van der Waals surface area contributed by atoms with Crippen molar-refractivity contribution in [2.45, 2.75) is 6.43 Å². The quantitative estimate of drug-likeness (QED) is 0.838. The number of carbonyl (C=O) groups excluding carboxylic acids is 1. The van der Waals surface area contributed by atoms with Crippen molar-refractivity contribution in [2.75, 3.05) is 20.0 Å². The Labute approximate surface area is 140 Å². The van der Waals surface area contributed by atoms with Gasteiger partial charge in [-0.2, -0.15) is 0 Å². The minimum Gasteiger partial charge on any atom is -0.492 e. The zero-order valence-corrected chi connectivity index (χ0v) is 13.3. The number of ether oxygens (including phenoxy) is 2. The van der Waals surface area contributed by atoms with Crippen molar-refractivity contribution in [3.8, 4) is 17.0 Å². The highest BCUT2D eigenvalue weighted by Crippen LogP contribution is 2.37. The number of halogens is 4. The molecule has 1 heterocycles. The van der Waals surface area contributed by atoms with E-state index in [9.17, 15) is 18.0 Å². The van der Waals surface area contributed by atoms with Crippen LogP contribution in [0.4, 0.5) is 18.9 Å². The maximum atomic E-state index is 14.5. The molecule has 0 aliphatic rings. The number of pyridine rings is 1. The van der Waals surface area contributed by atoms with Crippen LogP contribution in [0, 0.1) is 5.82 Å². The van der Waals surface area contributed by atoms with Crippen molar-refractivity contribution >= 4 is 23.3 Å². The molecule has 0 fully saturated rings. The van der Waals surface area contributed by atoms with Gasteiger partial charge >= 0.3 is 5.97 Å². The average molecular weight is 361 g/mol. The fourth-order valence-corrected chi connectivity index (χ4v) is 2.33. The molecule has 0 atom stereocenters. The first-order valence-corrected chi connectivity index (χ1v) is 6.88. The van der Waals surface area contributed by atoms with Crippen molar-refractivity contribution in [1.29, 1.82) is 0 Å². The van der Waals surface area contributed by atoms with Crippen molar-refractivity contribution in [3.63, 3.8) is 0 Å². The van der Waals surface area contributed by atoms with Gasteiger partial charge in [0, 0.05) is 11.3 Å². The van der Waals surface area contributed by atoms with Gasteiger partial charge in [0.2, 0.25) is 0 Å². The third-order valence-electron chi connectivity index (χ3n) is 3.22. The van der Waals surface area contributed by atoms with Crippen LogP contribution in [-0.4, -0.2) is 25.2 Å². The number of alkyl halides is 2. The number of anilines is 1. The van der Waals surface area contributed by atoms with E-state index in [1.54, 1.807) is 0 Å². The Morgan fingerprint density at radius 3 is 2.54 bits per heavy atom. The van der Waals surface area contributed by atoms with Gasteiger partial charge < -0.3 is 15.2 Å². The van der Waals surface area contributed by atoms with E-state index < -0.39 is 35.2 Å². The molecule has 0 saturated heterocycles. The van der Waals surface area contributed by atoms with Crippen molar-refractivity contribution in [3.05, 3.63) is 40.3 Å². The van der Waals surface area contributed by atoms with E-state index >= 15 is 0 Å². The number of rotatable bonds is 4. The molecular formula is C15H12ClF3N2O3. The summed E-state index contributed by atoms with van der Waals surface area (Å²) < 4.78 is 50.0. The normalized spacial score (nSPS) is 10.8. The number of carbonyl (C=O) groups is 1. The molecule has 0 aliphatic carbocycles. The van der Waals surface area contributed by atoms with E-state index in [1.165, 1.54) is 19.2 Å². The second-order valence-corrected chi connectivity index (χ2v) is 5.00. The molecule has 0 spiro atoms. The number of methoxy groups -OCH3 is 2. The summed E-state index contributed by atoms with van der Waals surface area (Å²) in [6.45, 7) is 0. The summed E-state index contributed by atoms with van der Waals surface area (Å²) >= 11 is 5.81. The molecule has 1 aromatic heterocycles. The SMILES string of the molecule is COC(=O)c1nc(-c2ccc(Cl)c(OC)c2F)cc(N)c1C(F)F. The van der Waals surface area contributed by atoms with Gasteiger partial charge in [-0.15, -0.1) is 0 Å². The highest BCUT2D eigenvalue weighted by Gasteiger charge is 2.26. The zero-order chi connectivity index (χ0) is 18.0. The first kappa shape index (κ1) is 17.9. The molecule has 0 radical (unpaired) electrons.